The van der Waals surface area contributed by atoms with Gasteiger partial charge in [-0.3, -0.25) is 14.9 Å². The fraction of sp³-hybridized carbons (Fsp3) is 0.211. The van der Waals surface area contributed by atoms with Gasteiger partial charge in [-0.1, -0.05) is 18.1 Å². The van der Waals surface area contributed by atoms with E-state index >= 15 is 0 Å². The topological polar surface area (TPSA) is 81.5 Å². The van der Waals surface area contributed by atoms with Crippen LogP contribution in [0.1, 0.15) is 15.9 Å². The average molecular weight is 370 g/mol. The smallest absolute Gasteiger partial charge is 0.282 e. The Morgan fingerprint density at radius 3 is 2.65 bits per heavy atom. The summed E-state index contributed by atoms with van der Waals surface area (Å²) in [5, 5.41) is 13.9. The van der Waals surface area contributed by atoms with Gasteiger partial charge in [0.15, 0.2) is 0 Å². The van der Waals surface area contributed by atoms with E-state index in [9.17, 15) is 14.9 Å². The molecule has 6 nitrogen and oxygen atoms in total. The molecule has 0 bridgehead atoms. The minimum Gasteiger partial charge on any atom is -0.481 e. The van der Waals surface area contributed by atoms with Crippen LogP contribution in [0.25, 0.3) is 0 Å². The average Bonchev–Trinajstić information content (AvgIpc) is 2.66. The van der Waals surface area contributed by atoms with Gasteiger partial charge >= 0.3 is 0 Å². The number of hydrogen-bond donors (Lipinski definition) is 1. The van der Waals surface area contributed by atoms with Gasteiger partial charge in [-0.2, -0.15) is 0 Å². The van der Waals surface area contributed by atoms with E-state index < -0.39 is 10.8 Å². The second-order valence-electron chi connectivity index (χ2n) is 5.28. The van der Waals surface area contributed by atoms with Crippen molar-refractivity contribution in [3.63, 3.8) is 0 Å². The zero-order valence-electron chi connectivity index (χ0n) is 14.2. The van der Waals surface area contributed by atoms with Crippen molar-refractivity contribution in [1.29, 1.82) is 0 Å². The number of nitrogens with one attached hydrogen (secondary N) is 1. The van der Waals surface area contributed by atoms with E-state index in [0.717, 1.165) is 10.5 Å². The first-order chi connectivity index (χ1) is 12.5. The Bertz CT molecular complexity index is 828. The molecule has 0 saturated heterocycles. The van der Waals surface area contributed by atoms with Crippen LogP contribution >= 0.6 is 11.8 Å². The van der Waals surface area contributed by atoms with Gasteiger partial charge in [-0.05, 0) is 42.5 Å². The van der Waals surface area contributed by atoms with Crippen LogP contribution in [0.5, 0.6) is 5.75 Å². The van der Waals surface area contributed by atoms with E-state index in [0.29, 0.717) is 18.7 Å². The molecule has 2 aromatic carbocycles. The number of terminal acetylenes is 1. The third kappa shape index (κ3) is 5.26. The summed E-state index contributed by atoms with van der Waals surface area (Å²) >= 11 is 1.42. The van der Waals surface area contributed by atoms with Gasteiger partial charge in [0, 0.05) is 17.5 Å². The first kappa shape index (κ1) is 19.3. The molecule has 2 aromatic rings. The lowest BCUT2D eigenvalue weighted by atomic mass is 10.1. The molecule has 0 atom stereocenters. The summed E-state index contributed by atoms with van der Waals surface area (Å²) in [6.07, 6.45) is 7.58. The number of nitrogens with zero attached hydrogens (tertiary/aromatic N) is 1. The number of hydrogen-bond acceptors (Lipinski definition) is 5. The number of carbonyl (C=O) groups excluding carboxylic acids is 1. The third-order valence-corrected chi connectivity index (χ3v) is 4.32. The monoisotopic (exact) mass is 370 g/mol. The number of thioether (sulfide) groups is 1. The molecule has 2 rings (SSSR count). The Morgan fingerprint density at radius 2 is 2.04 bits per heavy atom. The fourth-order valence-corrected chi connectivity index (χ4v) is 2.72. The summed E-state index contributed by atoms with van der Waals surface area (Å²) < 4.78 is 5.30. The highest BCUT2D eigenvalue weighted by molar-refractivity contribution is 7.98. The number of benzene rings is 2. The van der Waals surface area contributed by atoms with Crippen LogP contribution in [-0.4, -0.2) is 30.2 Å². The minimum absolute atomic E-state index is 0.0693. The summed E-state index contributed by atoms with van der Waals surface area (Å²) in [6, 6.07) is 11.9. The van der Waals surface area contributed by atoms with Crippen molar-refractivity contribution in [3.05, 3.63) is 63.7 Å². The lowest BCUT2D eigenvalue weighted by Crippen LogP contribution is -2.26. The zero-order valence-corrected chi connectivity index (χ0v) is 15.0. The first-order valence-corrected chi connectivity index (χ1v) is 9.03. The molecular weight excluding hydrogens is 352 g/mol. The van der Waals surface area contributed by atoms with E-state index in [4.69, 9.17) is 11.2 Å². The van der Waals surface area contributed by atoms with E-state index in [1.807, 2.05) is 18.4 Å². The summed E-state index contributed by atoms with van der Waals surface area (Å²) in [5.74, 6) is 2.62. The van der Waals surface area contributed by atoms with Gasteiger partial charge in [-0.25, -0.2) is 0 Å². The fourth-order valence-electron chi connectivity index (χ4n) is 2.28. The molecule has 0 saturated carbocycles. The van der Waals surface area contributed by atoms with Gasteiger partial charge in [0.05, 0.1) is 4.92 Å². The molecule has 0 aliphatic heterocycles. The maximum atomic E-state index is 12.3. The van der Waals surface area contributed by atoms with Crippen molar-refractivity contribution in [3.8, 4) is 18.1 Å². The molecule has 0 unspecified atom stereocenters. The third-order valence-electron chi connectivity index (χ3n) is 3.59. The van der Waals surface area contributed by atoms with Crippen molar-refractivity contribution in [1.82, 2.24) is 5.32 Å². The Morgan fingerprint density at radius 1 is 1.31 bits per heavy atom. The molecule has 26 heavy (non-hydrogen) atoms. The number of rotatable bonds is 8. The SMILES string of the molecule is C#CCOc1ccc(CCNC(=O)c2cc(SC)ccc2[N+](=O)[O-])cc1. The van der Waals surface area contributed by atoms with Crippen LogP contribution < -0.4 is 10.1 Å². The van der Waals surface area contributed by atoms with E-state index in [1.54, 1.807) is 18.2 Å². The second kappa shape index (κ2) is 9.49. The standard InChI is InChI=1S/C19H18N2O4S/c1-3-12-25-15-6-4-14(5-7-15)10-11-20-19(22)17-13-16(26-2)8-9-18(17)21(23)24/h1,4-9,13H,10-12H2,2H3,(H,20,22). The number of nitro groups is 1. The quantitative estimate of drug-likeness (QED) is 0.334. The molecule has 0 aliphatic rings. The molecular formula is C19H18N2O4S. The Kier molecular flexibility index (Phi) is 7.06. The molecule has 0 aromatic heterocycles. The highest BCUT2D eigenvalue weighted by atomic mass is 32.2. The number of nitro benzene ring substituents is 1. The first-order valence-electron chi connectivity index (χ1n) is 7.81. The number of ether oxygens (including phenoxy) is 1. The summed E-state index contributed by atoms with van der Waals surface area (Å²) in [7, 11) is 0. The highest BCUT2D eigenvalue weighted by Crippen LogP contribution is 2.24. The van der Waals surface area contributed by atoms with Crippen LogP contribution in [0.15, 0.2) is 47.4 Å². The molecule has 1 N–H and O–H groups in total. The van der Waals surface area contributed by atoms with Gasteiger partial charge in [0.25, 0.3) is 11.6 Å². The second-order valence-corrected chi connectivity index (χ2v) is 6.16. The lowest BCUT2D eigenvalue weighted by molar-refractivity contribution is -0.385. The molecule has 1 amide bonds. The normalized spacial score (nSPS) is 10.0. The summed E-state index contributed by atoms with van der Waals surface area (Å²) in [4.78, 5) is 23.7. The molecule has 0 radical (unpaired) electrons. The van der Waals surface area contributed by atoms with Crippen molar-refractivity contribution >= 4 is 23.4 Å². The largest absolute Gasteiger partial charge is 0.481 e. The van der Waals surface area contributed by atoms with Crippen LogP contribution in [0.4, 0.5) is 5.69 Å². The van der Waals surface area contributed by atoms with E-state index in [1.165, 1.54) is 23.9 Å². The van der Waals surface area contributed by atoms with Crippen LogP contribution in [0.3, 0.4) is 0 Å². The molecule has 134 valence electrons. The number of carbonyl (C=O) groups is 1. The van der Waals surface area contributed by atoms with Crippen LogP contribution in [0.2, 0.25) is 0 Å². The van der Waals surface area contributed by atoms with Crippen molar-refractivity contribution < 1.29 is 14.5 Å². The van der Waals surface area contributed by atoms with Crippen molar-refractivity contribution in [2.24, 2.45) is 0 Å². The molecule has 0 spiro atoms. The van der Waals surface area contributed by atoms with E-state index in [-0.39, 0.29) is 17.9 Å². The summed E-state index contributed by atoms with van der Waals surface area (Å²) in [5.41, 5.74) is 0.876. The molecule has 0 fully saturated rings. The Labute approximate surface area is 156 Å². The van der Waals surface area contributed by atoms with Gasteiger partial charge in [0.2, 0.25) is 0 Å². The molecule has 0 heterocycles. The van der Waals surface area contributed by atoms with Crippen LogP contribution in [0, 0.1) is 22.5 Å². The maximum Gasteiger partial charge on any atom is 0.282 e. The number of amides is 1. The predicted octanol–water partition coefficient (Wildman–Crippen LogP) is 3.30. The van der Waals surface area contributed by atoms with Gasteiger partial charge in [0.1, 0.15) is 17.9 Å². The van der Waals surface area contributed by atoms with E-state index in [2.05, 4.69) is 11.2 Å². The summed E-state index contributed by atoms with van der Waals surface area (Å²) in [6.45, 7) is 0.577. The lowest BCUT2D eigenvalue weighted by Gasteiger charge is -2.08. The zero-order chi connectivity index (χ0) is 18.9. The molecule has 7 heteroatoms. The minimum atomic E-state index is -0.548. The maximum absolute atomic E-state index is 12.3. The van der Waals surface area contributed by atoms with Crippen LogP contribution in [-0.2, 0) is 6.42 Å². The Balaban J connectivity index is 1.96. The Hall–Kier alpha value is -2.98. The highest BCUT2D eigenvalue weighted by Gasteiger charge is 2.20. The van der Waals surface area contributed by atoms with Crippen molar-refractivity contribution in [2.75, 3.05) is 19.4 Å². The van der Waals surface area contributed by atoms with Crippen molar-refractivity contribution in [2.45, 2.75) is 11.3 Å². The molecule has 0 aliphatic carbocycles. The van der Waals surface area contributed by atoms with Gasteiger partial charge in [-0.15, -0.1) is 18.2 Å². The van der Waals surface area contributed by atoms with Gasteiger partial charge < -0.3 is 10.1 Å². The predicted molar refractivity (Wildman–Crippen MR) is 102 cm³/mol.